The van der Waals surface area contributed by atoms with Gasteiger partial charge in [-0.2, -0.15) is 0 Å². The summed E-state index contributed by atoms with van der Waals surface area (Å²) in [6.45, 7) is 8.12. The predicted molar refractivity (Wildman–Crippen MR) is 126 cm³/mol. The van der Waals surface area contributed by atoms with Crippen LogP contribution in [0.4, 0.5) is 0 Å². The Morgan fingerprint density at radius 3 is 2.59 bits per heavy atom. The molecule has 1 saturated heterocycles. The van der Waals surface area contributed by atoms with Crippen molar-refractivity contribution in [2.75, 3.05) is 26.2 Å². The highest BCUT2D eigenvalue weighted by Crippen LogP contribution is 2.40. The summed E-state index contributed by atoms with van der Waals surface area (Å²) in [4.78, 5) is 28.3. The Morgan fingerprint density at radius 2 is 1.94 bits per heavy atom. The second-order valence-electron chi connectivity index (χ2n) is 10.0. The Hall–Kier alpha value is -2.08. The van der Waals surface area contributed by atoms with Crippen LogP contribution in [0.5, 0.6) is 5.75 Å². The standard InChI is InChI=1S/C26H40N2O4/c1-20-19-27(15-14-26(20,2)21-8-6-11-23(29)18-21)16-17-28(22-9-4-3-5-10-22)24(30)12-7-13-25(31)32/h6,8,11,18,20,22,29H,3-5,7,9-10,12-17,19H2,1-2H3,(H,31,32). The Kier molecular flexibility index (Phi) is 8.57. The van der Waals surface area contributed by atoms with Crippen molar-refractivity contribution in [3.05, 3.63) is 29.8 Å². The normalized spacial score (nSPS) is 24.9. The fraction of sp³-hybridized carbons (Fsp3) is 0.692. The lowest BCUT2D eigenvalue weighted by molar-refractivity contribution is -0.137. The first kappa shape index (κ1) is 24.6. The van der Waals surface area contributed by atoms with E-state index >= 15 is 0 Å². The first-order valence-corrected chi connectivity index (χ1v) is 12.3. The van der Waals surface area contributed by atoms with Gasteiger partial charge in [-0.25, -0.2) is 0 Å². The molecule has 1 amide bonds. The van der Waals surface area contributed by atoms with Gasteiger partial charge in [0.25, 0.3) is 0 Å². The van der Waals surface area contributed by atoms with Gasteiger partial charge in [0.15, 0.2) is 0 Å². The molecule has 6 heteroatoms. The first-order chi connectivity index (χ1) is 15.3. The topological polar surface area (TPSA) is 81.1 Å². The molecule has 6 nitrogen and oxygen atoms in total. The molecule has 32 heavy (non-hydrogen) atoms. The number of hydrogen-bond donors (Lipinski definition) is 2. The highest BCUT2D eigenvalue weighted by molar-refractivity contribution is 5.77. The molecule has 2 aliphatic rings. The summed E-state index contributed by atoms with van der Waals surface area (Å²) in [5, 5.41) is 18.8. The number of aliphatic carboxylic acids is 1. The van der Waals surface area contributed by atoms with Gasteiger partial charge in [0.05, 0.1) is 0 Å². The zero-order chi connectivity index (χ0) is 23.1. The van der Waals surface area contributed by atoms with E-state index in [-0.39, 0.29) is 17.7 Å². The number of phenolic OH excluding ortho intramolecular Hbond substituents is 1. The van der Waals surface area contributed by atoms with Crippen molar-refractivity contribution in [3.8, 4) is 5.75 Å². The van der Waals surface area contributed by atoms with E-state index < -0.39 is 5.97 Å². The van der Waals surface area contributed by atoms with Crippen molar-refractivity contribution in [3.63, 3.8) is 0 Å². The Balaban J connectivity index is 1.58. The molecule has 2 N–H and O–H groups in total. The van der Waals surface area contributed by atoms with Crippen molar-refractivity contribution in [2.24, 2.45) is 5.92 Å². The Morgan fingerprint density at radius 1 is 1.19 bits per heavy atom. The molecular weight excluding hydrogens is 404 g/mol. The molecular formula is C26H40N2O4. The zero-order valence-electron chi connectivity index (χ0n) is 19.8. The summed E-state index contributed by atoms with van der Waals surface area (Å²) in [6, 6.07) is 7.97. The van der Waals surface area contributed by atoms with Crippen molar-refractivity contribution < 1.29 is 19.8 Å². The molecule has 2 fully saturated rings. The molecule has 1 aromatic carbocycles. The van der Waals surface area contributed by atoms with E-state index in [4.69, 9.17) is 5.11 Å². The number of rotatable bonds is 9. The van der Waals surface area contributed by atoms with Crippen LogP contribution in [-0.2, 0) is 15.0 Å². The average Bonchev–Trinajstić information content (AvgIpc) is 2.77. The van der Waals surface area contributed by atoms with Gasteiger partial charge in [0.2, 0.25) is 5.91 Å². The number of aromatic hydroxyl groups is 1. The van der Waals surface area contributed by atoms with Crippen LogP contribution >= 0.6 is 0 Å². The lowest BCUT2D eigenvalue weighted by Gasteiger charge is -2.46. The summed E-state index contributed by atoms with van der Waals surface area (Å²) in [5.74, 6) is 0.0437. The van der Waals surface area contributed by atoms with Gasteiger partial charge in [0, 0.05) is 38.5 Å². The van der Waals surface area contributed by atoms with Crippen molar-refractivity contribution >= 4 is 11.9 Å². The minimum Gasteiger partial charge on any atom is -0.508 e. The molecule has 0 bridgehead atoms. The number of benzene rings is 1. The van der Waals surface area contributed by atoms with Gasteiger partial charge in [-0.3, -0.25) is 9.59 Å². The van der Waals surface area contributed by atoms with Gasteiger partial charge < -0.3 is 20.0 Å². The number of hydrogen-bond acceptors (Lipinski definition) is 4. The molecule has 0 radical (unpaired) electrons. The summed E-state index contributed by atoms with van der Waals surface area (Å²) >= 11 is 0. The number of piperidine rings is 1. The summed E-state index contributed by atoms with van der Waals surface area (Å²) in [5.41, 5.74) is 1.23. The van der Waals surface area contributed by atoms with Crippen LogP contribution in [0.1, 0.15) is 77.2 Å². The monoisotopic (exact) mass is 444 g/mol. The maximum absolute atomic E-state index is 13.0. The van der Waals surface area contributed by atoms with E-state index in [0.717, 1.165) is 45.4 Å². The predicted octanol–water partition coefficient (Wildman–Crippen LogP) is 4.41. The van der Waals surface area contributed by atoms with Crippen LogP contribution in [0.3, 0.4) is 0 Å². The van der Waals surface area contributed by atoms with Crippen LogP contribution in [0.2, 0.25) is 0 Å². The number of phenols is 1. The maximum Gasteiger partial charge on any atom is 0.303 e. The van der Waals surface area contributed by atoms with Gasteiger partial charge in [-0.05, 0) is 61.3 Å². The van der Waals surface area contributed by atoms with Crippen LogP contribution in [0, 0.1) is 5.92 Å². The molecule has 3 rings (SSSR count). The van der Waals surface area contributed by atoms with Gasteiger partial charge >= 0.3 is 5.97 Å². The third-order valence-corrected chi connectivity index (χ3v) is 7.85. The number of carbonyl (C=O) groups is 2. The second-order valence-corrected chi connectivity index (χ2v) is 10.0. The molecule has 2 atom stereocenters. The number of carbonyl (C=O) groups excluding carboxylic acids is 1. The third-order valence-electron chi connectivity index (χ3n) is 7.85. The fourth-order valence-electron chi connectivity index (χ4n) is 5.50. The van der Waals surface area contributed by atoms with Crippen molar-refractivity contribution in [1.29, 1.82) is 0 Å². The van der Waals surface area contributed by atoms with Crippen molar-refractivity contribution in [2.45, 2.75) is 83.1 Å². The van der Waals surface area contributed by atoms with Crippen LogP contribution in [-0.4, -0.2) is 64.1 Å². The van der Waals surface area contributed by atoms with E-state index in [2.05, 4.69) is 29.7 Å². The fourth-order valence-corrected chi connectivity index (χ4v) is 5.50. The van der Waals surface area contributed by atoms with Crippen LogP contribution < -0.4 is 0 Å². The second kappa shape index (κ2) is 11.2. The quantitative estimate of drug-likeness (QED) is 0.590. The number of carboxylic acid groups (broad SMARTS) is 1. The van der Waals surface area contributed by atoms with Gasteiger partial charge in [-0.15, -0.1) is 0 Å². The molecule has 178 valence electrons. The maximum atomic E-state index is 13.0. The highest BCUT2D eigenvalue weighted by atomic mass is 16.4. The van der Waals surface area contributed by atoms with Crippen LogP contribution in [0.15, 0.2) is 24.3 Å². The largest absolute Gasteiger partial charge is 0.508 e. The molecule has 2 unspecified atom stereocenters. The Bertz CT molecular complexity index is 777. The van der Waals surface area contributed by atoms with Gasteiger partial charge in [0.1, 0.15) is 5.75 Å². The van der Waals surface area contributed by atoms with Gasteiger partial charge in [-0.1, -0.05) is 45.2 Å². The molecule has 0 spiro atoms. The lowest BCUT2D eigenvalue weighted by atomic mass is 9.68. The van der Waals surface area contributed by atoms with E-state index in [1.54, 1.807) is 6.07 Å². The Labute approximate surface area is 192 Å². The first-order valence-electron chi connectivity index (χ1n) is 12.3. The number of likely N-dealkylation sites (tertiary alicyclic amines) is 1. The molecule has 1 heterocycles. The van der Waals surface area contributed by atoms with E-state index in [0.29, 0.717) is 30.6 Å². The zero-order valence-corrected chi connectivity index (χ0v) is 19.8. The third kappa shape index (κ3) is 6.25. The molecule has 1 aliphatic carbocycles. The van der Waals surface area contributed by atoms with E-state index in [1.807, 2.05) is 12.1 Å². The minimum atomic E-state index is -0.834. The molecule has 0 aromatic heterocycles. The summed E-state index contributed by atoms with van der Waals surface area (Å²) < 4.78 is 0. The highest BCUT2D eigenvalue weighted by Gasteiger charge is 2.38. The average molecular weight is 445 g/mol. The molecule has 1 aromatic rings. The minimum absolute atomic E-state index is 0.0327. The lowest BCUT2D eigenvalue weighted by Crippen LogP contribution is -2.51. The molecule has 1 aliphatic heterocycles. The number of carboxylic acids is 1. The van der Waals surface area contributed by atoms with E-state index in [9.17, 15) is 14.7 Å². The molecule has 1 saturated carbocycles. The smallest absolute Gasteiger partial charge is 0.303 e. The van der Waals surface area contributed by atoms with Crippen LogP contribution in [0.25, 0.3) is 0 Å². The summed E-state index contributed by atoms with van der Waals surface area (Å²) in [7, 11) is 0. The number of amides is 1. The number of nitrogens with zero attached hydrogens (tertiary/aromatic N) is 2. The SMILES string of the molecule is CC1CN(CCN(C(=O)CCCC(=O)O)C2CCCCC2)CCC1(C)c1cccc(O)c1. The van der Waals surface area contributed by atoms with Crippen molar-refractivity contribution in [1.82, 2.24) is 9.80 Å². The van der Waals surface area contributed by atoms with E-state index in [1.165, 1.54) is 24.8 Å². The summed E-state index contributed by atoms with van der Waals surface area (Å²) in [6.07, 6.45) is 7.55.